The second-order valence-corrected chi connectivity index (χ2v) is 3.39. The van der Waals surface area contributed by atoms with E-state index in [1.165, 1.54) is 11.3 Å². The van der Waals surface area contributed by atoms with Crippen LogP contribution in [0.2, 0.25) is 0 Å². The van der Waals surface area contributed by atoms with Gasteiger partial charge in [-0.15, -0.1) is 0 Å². The fourth-order valence-electron chi connectivity index (χ4n) is 1.06. The lowest BCUT2D eigenvalue weighted by Crippen LogP contribution is -1.89. The van der Waals surface area contributed by atoms with Crippen LogP contribution in [0.5, 0.6) is 5.75 Å². The van der Waals surface area contributed by atoms with Crippen LogP contribution in [0.4, 0.5) is 0 Å². The number of hydrogen-bond acceptors (Lipinski definition) is 3. The summed E-state index contributed by atoms with van der Waals surface area (Å²) in [5.74, 6) is 0.761. The second-order valence-electron chi connectivity index (χ2n) is 2.38. The Morgan fingerprint density at radius 1 is 1.50 bits per heavy atom. The van der Waals surface area contributed by atoms with Crippen LogP contribution in [-0.2, 0) is 0 Å². The number of thiazole rings is 1. The Morgan fingerprint density at radius 3 is 3.08 bits per heavy atom. The molecule has 12 heavy (non-hydrogen) atoms. The van der Waals surface area contributed by atoms with Crippen molar-refractivity contribution in [3.63, 3.8) is 0 Å². The Labute approximate surface area is 72.6 Å². The van der Waals surface area contributed by atoms with E-state index in [9.17, 15) is 4.79 Å². The summed E-state index contributed by atoms with van der Waals surface area (Å²) < 4.78 is 5.97. The van der Waals surface area contributed by atoms with Gasteiger partial charge in [0.25, 0.3) is 0 Å². The Balaban J connectivity index is 2.74. The Hall–Kier alpha value is -1.29. The van der Waals surface area contributed by atoms with E-state index in [0.29, 0.717) is 0 Å². The van der Waals surface area contributed by atoms with Crippen molar-refractivity contribution in [2.75, 3.05) is 7.11 Å². The van der Waals surface area contributed by atoms with Crippen molar-refractivity contribution in [1.29, 1.82) is 0 Å². The van der Waals surface area contributed by atoms with Gasteiger partial charge in [-0.3, -0.25) is 4.79 Å². The van der Waals surface area contributed by atoms with Gasteiger partial charge in [0.05, 0.1) is 17.3 Å². The van der Waals surface area contributed by atoms with Crippen LogP contribution in [0.25, 0.3) is 10.2 Å². The van der Waals surface area contributed by atoms with Crippen molar-refractivity contribution >= 4 is 21.6 Å². The van der Waals surface area contributed by atoms with Crippen molar-refractivity contribution < 1.29 is 4.74 Å². The van der Waals surface area contributed by atoms with Gasteiger partial charge in [0.1, 0.15) is 5.75 Å². The molecule has 3 nitrogen and oxygen atoms in total. The average Bonchev–Trinajstić information content (AvgIpc) is 2.43. The lowest BCUT2D eigenvalue weighted by Gasteiger charge is -1.96. The molecule has 2 aromatic rings. The van der Waals surface area contributed by atoms with Crippen molar-refractivity contribution in [2.24, 2.45) is 0 Å². The maximum Gasteiger partial charge on any atom is 0.305 e. The SMILES string of the molecule is COc1ccc2sc(=O)[nH]c2c1. The number of hydrogen-bond donors (Lipinski definition) is 1. The first kappa shape index (κ1) is 7.36. The number of aromatic nitrogens is 1. The topological polar surface area (TPSA) is 42.1 Å². The van der Waals surface area contributed by atoms with Crippen LogP contribution in [-0.4, -0.2) is 12.1 Å². The molecule has 2 rings (SSSR count). The van der Waals surface area contributed by atoms with Crippen molar-refractivity contribution in [3.05, 3.63) is 27.9 Å². The molecule has 0 fully saturated rings. The quantitative estimate of drug-likeness (QED) is 0.726. The molecule has 0 saturated carbocycles. The molecule has 1 heterocycles. The van der Waals surface area contributed by atoms with Crippen LogP contribution in [0.3, 0.4) is 0 Å². The van der Waals surface area contributed by atoms with Gasteiger partial charge in [0, 0.05) is 6.07 Å². The Morgan fingerprint density at radius 2 is 2.33 bits per heavy atom. The molecule has 62 valence electrons. The molecule has 1 aromatic carbocycles. The van der Waals surface area contributed by atoms with Crippen molar-refractivity contribution in [2.45, 2.75) is 0 Å². The predicted molar refractivity (Wildman–Crippen MR) is 49.0 cm³/mol. The molecule has 0 radical (unpaired) electrons. The van der Waals surface area contributed by atoms with Crippen LogP contribution in [0.1, 0.15) is 0 Å². The Kier molecular flexibility index (Phi) is 1.62. The number of H-pyrrole nitrogens is 1. The summed E-state index contributed by atoms with van der Waals surface area (Å²) in [7, 11) is 1.60. The fourth-order valence-corrected chi connectivity index (χ4v) is 1.77. The van der Waals surface area contributed by atoms with E-state index < -0.39 is 0 Å². The molecular formula is C8H7NO2S. The maximum absolute atomic E-state index is 10.9. The number of benzene rings is 1. The van der Waals surface area contributed by atoms with E-state index in [0.717, 1.165) is 16.0 Å². The summed E-state index contributed by atoms with van der Waals surface area (Å²) in [6.45, 7) is 0. The maximum atomic E-state index is 10.9. The third kappa shape index (κ3) is 1.10. The summed E-state index contributed by atoms with van der Waals surface area (Å²) in [5.41, 5.74) is 0.837. The predicted octanol–water partition coefficient (Wildman–Crippen LogP) is 1.60. The molecule has 0 aliphatic heterocycles. The number of ether oxygens (including phenoxy) is 1. The zero-order valence-electron chi connectivity index (χ0n) is 6.46. The van der Waals surface area contributed by atoms with Crippen molar-refractivity contribution in [3.8, 4) is 5.75 Å². The van der Waals surface area contributed by atoms with Crippen molar-refractivity contribution in [1.82, 2.24) is 4.98 Å². The zero-order chi connectivity index (χ0) is 8.55. The van der Waals surface area contributed by atoms with Gasteiger partial charge < -0.3 is 9.72 Å². The molecule has 0 bridgehead atoms. The summed E-state index contributed by atoms with van der Waals surface area (Å²) in [4.78, 5) is 13.6. The minimum Gasteiger partial charge on any atom is -0.497 e. The van der Waals surface area contributed by atoms with E-state index in [-0.39, 0.29) is 4.87 Å². The Bertz CT molecular complexity index is 457. The standard InChI is InChI=1S/C8H7NO2S/c1-11-5-2-3-7-6(4-5)9-8(10)12-7/h2-4H,1H3,(H,9,10). The third-order valence-corrected chi connectivity index (χ3v) is 2.49. The molecule has 0 aliphatic rings. The summed E-state index contributed by atoms with van der Waals surface area (Å²) in [6, 6.07) is 5.52. The van der Waals surface area contributed by atoms with Gasteiger partial charge in [-0.25, -0.2) is 0 Å². The highest BCUT2D eigenvalue weighted by molar-refractivity contribution is 7.16. The molecule has 0 amide bonds. The van der Waals surface area contributed by atoms with E-state index in [2.05, 4.69) is 4.98 Å². The first-order valence-electron chi connectivity index (χ1n) is 3.46. The van der Waals surface area contributed by atoms with E-state index in [1.807, 2.05) is 18.2 Å². The van der Waals surface area contributed by atoms with E-state index in [1.54, 1.807) is 7.11 Å². The highest BCUT2D eigenvalue weighted by Gasteiger charge is 1.99. The normalized spacial score (nSPS) is 10.4. The molecule has 0 aliphatic carbocycles. The van der Waals surface area contributed by atoms with E-state index >= 15 is 0 Å². The van der Waals surface area contributed by atoms with Gasteiger partial charge in [-0.2, -0.15) is 0 Å². The van der Waals surface area contributed by atoms with E-state index in [4.69, 9.17) is 4.74 Å². The first-order valence-corrected chi connectivity index (χ1v) is 4.28. The smallest absolute Gasteiger partial charge is 0.305 e. The van der Waals surface area contributed by atoms with Crippen LogP contribution in [0.15, 0.2) is 23.0 Å². The second kappa shape index (κ2) is 2.64. The van der Waals surface area contributed by atoms with Crippen LogP contribution in [0, 0.1) is 0 Å². The largest absolute Gasteiger partial charge is 0.497 e. The number of aromatic amines is 1. The molecule has 0 saturated heterocycles. The summed E-state index contributed by atoms with van der Waals surface area (Å²) in [5, 5.41) is 0. The zero-order valence-corrected chi connectivity index (χ0v) is 7.27. The molecule has 0 spiro atoms. The lowest BCUT2D eigenvalue weighted by molar-refractivity contribution is 0.415. The lowest BCUT2D eigenvalue weighted by atomic mass is 10.3. The highest BCUT2D eigenvalue weighted by atomic mass is 32.1. The summed E-state index contributed by atoms with van der Waals surface area (Å²) >= 11 is 1.20. The monoisotopic (exact) mass is 181 g/mol. The van der Waals surface area contributed by atoms with Gasteiger partial charge in [0.15, 0.2) is 0 Å². The molecular weight excluding hydrogens is 174 g/mol. The number of nitrogens with one attached hydrogen (secondary N) is 1. The van der Waals surface area contributed by atoms with Crippen LogP contribution < -0.4 is 9.61 Å². The molecule has 1 N–H and O–H groups in total. The molecule has 0 atom stereocenters. The minimum absolute atomic E-state index is 0.0294. The van der Waals surface area contributed by atoms with Gasteiger partial charge >= 0.3 is 4.87 Å². The molecule has 4 heteroatoms. The fraction of sp³-hybridized carbons (Fsp3) is 0.125. The van der Waals surface area contributed by atoms with Crippen LogP contribution >= 0.6 is 11.3 Å². The highest BCUT2D eigenvalue weighted by Crippen LogP contribution is 2.19. The molecule has 1 aromatic heterocycles. The van der Waals surface area contributed by atoms with Gasteiger partial charge in [-0.05, 0) is 12.1 Å². The average molecular weight is 181 g/mol. The summed E-state index contributed by atoms with van der Waals surface area (Å²) in [6.07, 6.45) is 0. The number of rotatable bonds is 1. The minimum atomic E-state index is -0.0294. The molecule has 0 unspecified atom stereocenters. The van der Waals surface area contributed by atoms with Gasteiger partial charge in [-0.1, -0.05) is 11.3 Å². The van der Waals surface area contributed by atoms with Gasteiger partial charge in [0.2, 0.25) is 0 Å². The first-order chi connectivity index (χ1) is 5.79. The number of methoxy groups -OCH3 is 1. The third-order valence-electron chi connectivity index (χ3n) is 1.63. The number of fused-ring (bicyclic) bond motifs is 1.